The third kappa shape index (κ3) is 8.28. The molecular formula is C24H30Cl2O6. The van der Waals surface area contributed by atoms with E-state index in [2.05, 4.69) is 0 Å². The molecule has 0 saturated carbocycles. The fourth-order valence-corrected chi connectivity index (χ4v) is 3.81. The predicted molar refractivity (Wildman–Crippen MR) is 124 cm³/mol. The van der Waals surface area contributed by atoms with E-state index in [9.17, 15) is 0 Å². The van der Waals surface area contributed by atoms with Crippen molar-refractivity contribution in [2.45, 2.75) is 12.2 Å². The van der Waals surface area contributed by atoms with Gasteiger partial charge in [0.25, 0.3) is 0 Å². The van der Waals surface area contributed by atoms with Crippen molar-refractivity contribution in [1.82, 2.24) is 0 Å². The van der Waals surface area contributed by atoms with Gasteiger partial charge in [0.2, 0.25) is 0 Å². The highest BCUT2D eigenvalue weighted by Gasteiger charge is 2.30. The molecule has 8 heteroatoms. The van der Waals surface area contributed by atoms with Gasteiger partial charge in [-0.15, -0.1) is 0 Å². The molecule has 32 heavy (non-hydrogen) atoms. The fraction of sp³-hybridized carbons (Fsp3) is 0.500. The zero-order valence-corrected chi connectivity index (χ0v) is 19.6. The molecule has 1 aliphatic rings. The number of hydrogen-bond acceptors (Lipinski definition) is 6. The number of rotatable bonds is 2. The Hall–Kier alpha value is -1.22. The topological polar surface area (TPSA) is 55.4 Å². The van der Waals surface area contributed by atoms with Crippen LogP contribution in [0.4, 0.5) is 0 Å². The van der Waals surface area contributed by atoms with Crippen LogP contribution in [0.15, 0.2) is 48.5 Å². The minimum absolute atomic E-state index is 0.361. The molecule has 176 valence electrons. The van der Waals surface area contributed by atoms with E-state index in [-0.39, 0.29) is 0 Å². The van der Waals surface area contributed by atoms with Gasteiger partial charge >= 0.3 is 0 Å². The van der Waals surface area contributed by atoms with Crippen LogP contribution in [0.5, 0.6) is 0 Å². The van der Waals surface area contributed by atoms with Gasteiger partial charge in [-0.25, -0.2) is 0 Å². The Morgan fingerprint density at radius 2 is 0.781 bits per heavy atom. The molecule has 0 aromatic heterocycles. The second kappa shape index (κ2) is 14.8. The van der Waals surface area contributed by atoms with Crippen molar-refractivity contribution in [2.75, 3.05) is 66.1 Å². The van der Waals surface area contributed by atoms with Crippen molar-refractivity contribution in [1.29, 1.82) is 0 Å². The van der Waals surface area contributed by atoms with Crippen molar-refractivity contribution in [3.05, 3.63) is 69.7 Å². The molecule has 0 bridgehead atoms. The molecular weight excluding hydrogens is 455 g/mol. The van der Waals surface area contributed by atoms with Crippen LogP contribution in [-0.2, 0) is 28.4 Å². The van der Waals surface area contributed by atoms with E-state index in [1.54, 1.807) is 0 Å². The van der Waals surface area contributed by atoms with Gasteiger partial charge in [-0.2, -0.15) is 0 Å². The van der Waals surface area contributed by atoms with E-state index in [0.29, 0.717) is 76.1 Å². The summed E-state index contributed by atoms with van der Waals surface area (Å²) in [6.07, 6.45) is -0.962. The molecule has 0 amide bonds. The third-order valence-electron chi connectivity index (χ3n) is 4.86. The highest BCUT2D eigenvalue weighted by Crippen LogP contribution is 2.40. The van der Waals surface area contributed by atoms with Crippen molar-refractivity contribution in [3.63, 3.8) is 0 Å². The highest BCUT2D eigenvalue weighted by molar-refractivity contribution is 6.31. The number of ether oxygens (including phenoxy) is 6. The Morgan fingerprint density at radius 1 is 0.469 bits per heavy atom. The summed E-state index contributed by atoms with van der Waals surface area (Å²) < 4.78 is 34.8. The highest BCUT2D eigenvalue weighted by atomic mass is 35.5. The van der Waals surface area contributed by atoms with Gasteiger partial charge in [-0.1, -0.05) is 59.6 Å². The lowest BCUT2D eigenvalue weighted by molar-refractivity contribution is -0.103. The second-order valence-electron chi connectivity index (χ2n) is 7.08. The number of halogens is 2. The Bertz CT molecular complexity index is 725. The van der Waals surface area contributed by atoms with Gasteiger partial charge < -0.3 is 28.4 Å². The second-order valence-corrected chi connectivity index (χ2v) is 7.89. The maximum absolute atomic E-state index is 6.54. The first-order valence-corrected chi connectivity index (χ1v) is 11.6. The van der Waals surface area contributed by atoms with Gasteiger partial charge in [0.1, 0.15) is 12.2 Å². The minimum atomic E-state index is -0.481. The van der Waals surface area contributed by atoms with Gasteiger partial charge in [0, 0.05) is 21.2 Å². The lowest BCUT2D eigenvalue weighted by Gasteiger charge is -2.29. The van der Waals surface area contributed by atoms with Gasteiger partial charge in [0.15, 0.2) is 0 Å². The molecule has 2 atom stereocenters. The molecule has 1 saturated heterocycles. The van der Waals surface area contributed by atoms with Crippen molar-refractivity contribution < 1.29 is 28.4 Å². The van der Waals surface area contributed by atoms with Crippen LogP contribution in [0.2, 0.25) is 10.0 Å². The molecule has 0 spiro atoms. The average Bonchev–Trinajstić information content (AvgIpc) is 2.80. The molecule has 0 radical (unpaired) electrons. The molecule has 2 aromatic carbocycles. The first-order chi connectivity index (χ1) is 15.8. The van der Waals surface area contributed by atoms with E-state index in [4.69, 9.17) is 51.6 Å². The average molecular weight is 485 g/mol. The van der Waals surface area contributed by atoms with E-state index in [0.717, 1.165) is 11.1 Å². The predicted octanol–water partition coefficient (Wildman–Crippen LogP) is 4.89. The van der Waals surface area contributed by atoms with Crippen LogP contribution in [0.1, 0.15) is 23.3 Å². The SMILES string of the molecule is Clc1ccccc1[C@H]1OCCOCCOCCOCCOCCO[C@H]1c1ccccc1Cl. The molecule has 6 nitrogen and oxygen atoms in total. The zero-order valence-electron chi connectivity index (χ0n) is 18.0. The van der Waals surface area contributed by atoms with Gasteiger partial charge in [0.05, 0.1) is 66.1 Å². The Labute approximate surface area is 199 Å². The summed E-state index contributed by atoms with van der Waals surface area (Å²) in [5.41, 5.74) is 1.65. The van der Waals surface area contributed by atoms with E-state index in [1.165, 1.54) is 0 Å². The third-order valence-corrected chi connectivity index (χ3v) is 5.55. The summed E-state index contributed by atoms with van der Waals surface area (Å²) >= 11 is 13.1. The van der Waals surface area contributed by atoms with Crippen molar-refractivity contribution in [2.24, 2.45) is 0 Å². The maximum atomic E-state index is 6.54. The summed E-state index contributed by atoms with van der Waals surface area (Å²) in [5.74, 6) is 0. The van der Waals surface area contributed by atoms with Crippen molar-refractivity contribution >= 4 is 23.2 Å². The molecule has 3 rings (SSSR count). The van der Waals surface area contributed by atoms with Crippen LogP contribution in [0, 0.1) is 0 Å². The van der Waals surface area contributed by atoms with Crippen LogP contribution in [0.25, 0.3) is 0 Å². The lowest BCUT2D eigenvalue weighted by atomic mass is 9.97. The van der Waals surface area contributed by atoms with Crippen LogP contribution >= 0.6 is 23.2 Å². The van der Waals surface area contributed by atoms with Crippen LogP contribution < -0.4 is 0 Å². The summed E-state index contributed by atoms with van der Waals surface area (Å²) in [7, 11) is 0. The Morgan fingerprint density at radius 3 is 1.12 bits per heavy atom. The first kappa shape index (κ1) is 25.4. The summed E-state index contributed by atoms with van der Waals surface area (Å²) in [5, 5.41) is 1.20. The minimum Gasteiger partial charge on any atom is -0.377 e. The first-order valence-electron chi connectivity index (χ1n) is 10.8. The quantitative estimate of drug-likeness (QED) is 0.604. The van der Waals surface area contributed by atoms with E-state index in [1.807, 2.05) is 48.5 Å². The lowest BCUT2D eigenvalue weighted by Crippen LogP contribution is -2.23. The summed E-state index contributed by atoms with van der Waals surface area (Å²) in [4.78, 5) is 0. The fourth-order valence-electron chi connectivity index (χ4n) is 3.32. The molecule has 1 aliphatic heterocycles. The molecule has 0 N–H and O–H groups in total. The largest absolute Gasteiger partial charge is 0.377 e. The summed E-state index contributed by atoms with van der Waals surface area (Å²) in [6, 6.07) is 15.2. The number of benzene rings is 2. The number of hydrogen-bond donors (Lipinski definition) is 0. The van der Waals surface area contributed by atoms with Crippen LogP contribution in [0.3, 0.4) is 0 Å². The van der Waals surface area contributed by atoms with E-state index < -0.39 is 12.2 Å². The van der Waals surface area contributed by atoms with Gasteiger partial charge in [-0.05, 0) is 12.1 Å². The summed E-state index contributed by atoms with van der Waals surface area (Å²) in [6.45, 7) is 4.56. The van der Waals surface area contributed by atoms with Crippen LogP contribution in [-0.4, -0.2) is 66.1 Å². The standard InChI is InChI=1S/C24H30Cl2O6/c25-21-7-3-1-5-19(21)23-24(20-6-2-4-8-22(20)26)32-18-16-30-14-12-28-10-9-27-11-13-29-15-17-31-23/h1-8,23-24H,9-18H2/t23-,24+. The normalized spacial score (nSPS) is 23.2. The van der Waals surface area contributed by atoms with Crippen molar-refractivity contribution in [3.8, 4) is 0 Å². The zero-order chi connectivity index (χ0) is 22.4. The monoisotopic (exact) mass is 484 g/mol. The van der Waals surface area contributed by atoms with E-state index >= 15 is 0 Å². The van der Waals surface area contributed by atoms with Gasteiger partial charge in [-0.3, -0.25) is 0 Å². The molecule has 0 aliphatic carbocycles. The Kier molecular flexibility index (Phi) is 11.8. The molecule has 1 fully saturated rings. The molecule has 2 aromatic rings. The maximum Gasteiger partial charge on any atom is 0.114 e. The molecule has 1 heterocycles. The Balaban J connectivity index is 1.80. The molecule has 0 unspecified atom stereocenters. The smallest absolute Gasteiger partial charge is 0.114 e.